The minimum Gasteiger partial charge on any atom is -0.392 e. The van der Waals surface area contributed by atoms with Gasteiger partial charge < -0.3 is 34.3 Å². The fourth-order valence-corrected chi connectivity index (χ4v) is 11.0. The number of likely N-dealkylation sites (tertiary alicyclic amines) is 1. The Morgan fingerprint density at radius 3 is 2.42 bits per heavy atom. The second-order valence-corrected chi connectivity index (χ2v) is 11.9. The molecule has 7 bridgehead atoms. The summed E-state index contributed by atoms with van der Waals surface area (Å²) in [6.07, 6.45) is 1.06. The molecule has 6 aliphatic rings. The summed E-state index contributed by atoms with van der Waals surface area (Å²) in [6.45, 7) is 4.18. The number of methoxy groups -OCH3 is 4. The van der Waals surface area contributed by atoms with Crippen molar-refractivity contribution in [3.63, 3.8) is 0 Å². The van der Waals surface area contributed by atoms with Crippen LogP contribution in [0, 0.1) is 34.5 Å². The molecule has 6 fully saturated rings. The lowest BCUT2D eigenvalue weighted by atomic mass is 9.42. The van der Waals surface area contributed by atoms with E-state index in [4.69, 9.17) is 18.9 Å². The SMILES string of the molecule is CCN1C[C@]2(COC)CC[C@H](O)[C@@]34[C@@H]5C[C@H]6[C@H](OC)[C@@H]5[C@](O)(C[C@@H]6OC)[C@](O)([C@@H](OC)[C@H]23)[C@@H]14. The fraction of sp³-hybridized carbons (Fsp3) is 1.00. The van der Waals surface area contributed by atoms with Gasteiger partial charge in [-0.2, -0.15) is 0 Å². The molecular weight excluding hydrogens is 426 g/mol. The first-order valence-electron chi connectivity index (χ1n) is 12.7. The minimum atomic E-state index is -1.55. The number of aliphatic hydroxyl groups excluding tert-OH is 1. The van der Waals surface area contributed by atoms with Gasteiger partial charge in [-0.1, -0.05) is 6.92 Å². The van der Waals surface area contributed by atoms with Gasteiger partial charge in [0.05, 0.1) is 37.1 Å². The second-order valence-electron chi connectivity index (χ2n) is 11.9. The summed E-state index contributed by atoms with van der Waals surface area (Å²) in [5, 5.41) is 37.6. The molecule has 188 valence electrons. The fourth-order valence-electron chi connectivity index (χ4n) is 11.0. The predicted octanol–water partition coefficient (Wildman–Crippen LogP) is 0.271. The van der Waals surface area contributed by atoms with Crippen molar-refractivity contribution in [2.45, 2.75) is 74.3 Å². The second kappa shape index (κ2) is 7.13. The summed E-state index contributed by atoms with van der Waals surface area (Å²) < 4.78 is 24.0. The van der Waals surface area contributed by atoms with Crippen LogP contribution in [0.2, 0.25) is 0 Å². The van der Waals surface area contributed by atoms with E-state index in [-0.39, 0.29) is 47.3 Å². The van der Waals surface area contributed by atoms with Gasteiger partial charge in [-0.15, -0.1) is 0 Å². The number of ether oxygens (including phenoxy) is 4. The Hall–Kier alpha value is -0.320. The van der Waals surface area contributed by atoms with Crippen LogP contribution in [0.1, 0.15) is 32.6 Å². The zero-order valence-electron chi connectivity index (χ0n) is 20.6. The Bertz CT molecular complexity index is 814. The summed E-state index contributed by atoms with van der Waals surface area (Å²) in [5.41, 5.74) is -3.82. The molecule has 0 aromatic heterocycles. The number of likely N-dealkylation sites (N-methyl/N-ethyl adjacent to an activating group) is 1. The van der Waals surface area contributed by atoms with E-state index in [1.165, 1.54) is 0 Å². The van der Waals surface area contributed by atoms with Gasteiger partial charge in [-0.05, 0) is 31.7 Å². The van der Waals surface area contributed by atoms with Crippen molar-refractivity contribution in [3.8, 4) is 0 Å². The van der Waals surface area contributed by atoms with Crippen LogP contribution in [0.3, 0.4) is 0 Å². The minimum absolute atomic E-state index is 0.00825. The maximum atomic E-state index is 12.9. The van der Waals surface area contributed by atoms with Gasteiger partial charge in [-0.25, -0.2) is 0 Å². The highest BCUT2D eigenvalue weighted by molar-refractivity contribution is 5.41. The molecule has 13 atom stereocenters. The molecule has 5 aliphatic carbocycles. The molecule has 8 nitrogen and oxygen atoms in total. The highest BCUT2D eigenvalue weighted by Gasteiger charge is 2.91. The summed E-state index contributed by atoms with van der Waals surface area (Å²) in [7, 11) is 6.79. The van der Waals surface area contributed by atoms with Gasteiger partial charge in [0.1, 0.15) is 11.2 Å². The Labute approximate surface area is 196 Å². The van der Waals surface area contributed by atoms with E-state index >= 15 is 0 Å². The van der Waals surface area contributed by atoms with Crippen LogP contribution in [0.4, 0.5) is 0 Å². The van der Waals surface area contributed by atoms with Crippen molar-refractivity contribution in [2.75, 3.05) is 48.1 Å². The lowest BCUT2D eigenvalue weighted by Crippen LogP contribution is -2.82. The third-order valence-electron chi connectivity index (χ3n) is 11.5. The first-order valence-corrected chi connectivity index (χ1v) is 12.7. The maximum absolute atomic E-state index is 12.9. The topological polar surface area (TPSA) is 101 Å². The molecule has 0 amide bonds. The standard InChI is InChI=1S/C25H41NO7/c1-6-26-11-22(12-30-2)8-7-16(27)24-14-9-13-15(31-3)10-23(28,17(14)18(13)32-4)25(29,21(24)26)20(33-5)19(22)24/h13-21,27-29H,6-12H2,1-5H3/t13-,14-,15+,16+,17-,18+,19-,20+,21+,22+,23-,24+,25+/m1/s1. The van der Waals surface area contributed by atoms with Crippen molar-refractivity contribution >= 4 is 0 Å². The number of nitrogens with zero attached hydrogens (tertiary/aromatic N) is 1. The average molecular weight is 468 g/mol. The van der Waals surface area contributed by atoms with Gasteiger partial charge in [0.25, 0.3) is 0 Å². The smallest absolute Gasteiger partial charge is 0.136 e. The summed E-state index contributed by atoms with van der Waals surface area (Å²) in [6, 6.07) is -0.386. The van der Waals surface area contributed by atoms with Crippen molar-refractivity contribution in [2.24, 2.45) is 34.5 Å². The Kier molecular flexibility index (Phi) is 4.99. The predicted molar refractivity (Wildman–Crippen MR) is 119 cm³/mol. The number of hydrogen-bond donors (Lipinski definition) is 3. The summed E-state index contributed by atoms with van der Waals surface area (Å²) >= 11 is 0. The van der Waals surface area contributed by atoms with E-state index in [1.807, 2.05) is 0 Å². The Morgan fingerprint density at radius 1 is 1.06 bits per heavy atom. The first kappa shape index (κ1) is 23.1. The van der Waals surface area contributed by atoms with E-state index in [1.54, 1.807) is 28.4 Å². The number of hydrogen-bond acceptors (Lipinski definition) is 8. The van der Waals surface area contributed by atoms with Crippen LogP contribution < -0.4 is 0 Å². The van der Waals surface area contributed by atoms with Crippen molar-refractivity contribution in [1.82, 2.24) is 4.90 Å². The average Bonchev–Trinajstić information content (AvgIpc) is 3.22. The maximum Gasteiger partial charge on any atom is 0.136 e. The highest BCUT2D eigenvalue weighted by atomic mass is 16.5. The largest absolute Gasteiger partial charge is 0.392 e. The number of rotatable bonds is 6. The number of aliphatic hydroxyl groups is 3. The zero-order valence-corrected chi connectivity index (χ0v) is 20.6. The number of piperidine rings is 1. The van der Waals surface area contributed by atoms with Crippen LogP contribution in [-0.4, -0.2) is 110 Å². The van der Waals surface area contributed by atoms with Crippen LogP contribution in [-0.2, 0) is 18.9 Å². The molecule has 6 rings (SSSR count). The van der Waals surface area contributed by atoms with Gasteiger partial charge >= 0.3 is 0 Å². The molecule has 0 aromatic carbocycles. The molecule has 33 heavy (non-hydrogen) atoms. The van der Waals surface area contributed by atoms with E-state index < -0.39 is 28.8 Å². The van der Waals surface area contributed by atoms with E-state index in [2.05, 4.69) is 11.8 Å². The van der Waals surface area contributed by atoms with Crippen molar-refractivity contribution in [1.29, 1.82) is 0 Å². The first-order chi connectivity index (χ1) is 15.8. The van der Waals surface area contributed by atoms with Gasteiger partial charge in [0.2, 0.25) is 0 Å². The zero-order chi connectivity index (χ0) is 23.6. The highest BCUT2D eigenvalue weighted by Crippen LogP contribution is 2.80. The molecule has 1 aliphatic heterocycles. The van der Waals surface area contributed by atoms with Gasteiger partial charge in [0.15, 0.2) is 0 Å². The molecule has 1 heterocycles. The third-order valence-corrected chi connectivity index (χ3v) is 11.5. The molecule has 0 radical (unpaired) electrons. The van der Waals surface area contributed by atoms with Crippen molar-refractivity contribution in [3.05, 3.63) is 0 Å². The van der Waals surface area contributed by atoms with Crippen LogP contribution in [0.15, 0.2) is 0 Å². The van der Waals surface area contributed by atoms with E-state index in [0.29, 0.717) is 19.4 Å². The molecule has 1 saturated heterocycles. The molecule has 5 saturated carbocycles. The molecule has 1 spiro atoms. The van der Waals surface area contributed by atoms with Crippen LogP contribution in [0.25, 0.3) is 0 Å². The van der Waals surface area contributed by atoms with Gasteiger partial charge in [0, 0.05) is 70.0 Å². The quantitative estimate of drug-likeness (QED) is 0.512. The van der Waals surface area contributed by atoms with E-state index in [0.717, 1.165) is 25.9 Å². The summed E-state index contributed by atoms with van der Waals surface area (Å²) in [5.74, 6) is -0.231. The number of fused-ring (bicyclic) bond motifs is 2. The molecule has 0 unspecified atom stereocenters. The van der Waals surface area contributed by atoms with Gasteiger partial charge in [-0.3, -0.25) is 4.90 Å². The monoisotopic (exact) mass is 467 g/mol. The molecule has 3 N–H and O–H groups in total. The lowest BCUT2D eigenvalue weighted by molar-refractivity contribution is -0.318. The molecule has 8 heteroatoms. The third kappa shape index (κ3) is 2.20. The van der Waals surface area contributed by atoms with Crippen molar-refractivity contribution < 1.29 is 34.3 Å². The molecular formula is C25H41NO7. The molecule has 0 aromatic rings. The normalized spacial score (nSPS) is 60.9. The van der Waals surface area contributed by atoms with E-state index in [9.17, 15) is 15.3 Å². The summed E-state index contributed by atoms with van der Waals surface area (Å²) in [4.78, 5) is 2.33. The van der Waals surface area contributed by atoms with Crippen LogP contribution >= 0.6 is 0 Å². The Balaban J connectivity index is 1.67. The Morgan fingerprint density at radius 2 is 1.82 bits per heavy atom. The van der Waals surface area contributed by atoms with Crippen LogP contribution in [0.5, 0.6) is 0 Å². The lowest BCUT2D eigenvalue weighted by Gasteiger charge is -2.69.